The van der Waals surface area contributed by atoms with Crippen molar-refractivity contribution in [3.63, 3.8) is 0 Å². The third-order valence-corrected chi connectivity index (χ3v) is 2.49. The zero-order valence-corrected chi connectivity index (χ0v) is 9.15. The number of hydrogen-bond acceptors (Lipinski definition) is 2. The Kier molecular flexibility index (Phi) is 3.01. The number of aryl methyl sites for hydroxylation is 1. The van der Waals surface area contributed by atoms with Crippen LogP contribution in [0.4, 0.5) is 4.39 Å². The van der Waals surface area contributed by atoms with Crippen LogP contribution < -0.4 is 5.73 Å². The molecule has 2 rings (SSSR count). The first-order valence-electron chi connectivity index (χ1n) is 5.29. The summed E-state index contributed by atoms with van der Waals surface area (Å²) < 4.78 is 15.2. The largest absolute Gasteiger partial charge is 0.325 e. The molecule has 4 heteroatoms. The van der Waals surface area contributed by atoms with Crippen LogP contribution in [0.1, 0.15) is 18.3 Å². The van der Waals surface area contributed by atoms with Crippen molar-refractivity contribution in [2.45, 2.75) is 19.9 Å². The Morgan fingerprint density at radius 1 is 1.38 bits per heavy atom. The van der Waals surface area contributed by atoms with Crippen molar-refractivity contribution in [2.75, 3.05) is 0 Å². The summed E-state index contributed by atoms with van der Waals surface area (Å²) in [5.41, 5.74) is 7.75. The highest BCUT2D eigenvalue weighted by atomic mass is 19.1. The predicted molar refractivity (Wildman–Crippen MR) is 60.8 cm³/mol. The Hall–Kier alpha value is -1.68. The van der Waals surface area contributed by atoms with Crippen LogP contribution in [0.25, 0.3) is 5.69 Å². The molecule has 84 valence electrons. The summed E-state index contributed by atoms with van der Waals surface area (Å²) in [6, 6.07) is 8.51. The number of rotatable bonds is 3. The zero-order chi connectivity index (χ0) is 11.5. The molecule has 0 unspecified atom stereocenters. The number of halogens is 1. The van der Waals surface area contributed by atoms with Gasteiger partial charge in [-0.1, -0.05) is 19.1 Å². The molecule has 0 radical (unpaired) electrons. The van der Waals surface area contributed by atoms with E-state index in [9.17, 15) is 4.39 Å². The molecule has 0 saturated heterocycles. The smallest absolute Gasteiger partial charge is 0.148 e. The Morgan fingerprint density at radius 3 is 2.75 bits per heavy atom. The van der Waals surface area contributed by atoms with E-state index >= 15 is 0 Å². The lowest BCUT2D eigenvalue weighted by Crippen LogP contribution is -2.04. The van der Waals surface area contributed by atoms with E-state index in [-0.39, 0.29) is 5.82 Å². The van der Waals surface area contributed by atoms with Crippen molar-refractivity contribution in [3.05, 3.63) is 47.5 Å². The van der Waals surface area contributed by atoms with Gasteiger partial charge in [0, 0.05) is 12.2 Å². The van der Waals surface area contributed by atoms with Crippen molar-refractivity contribution in [1.29, 1.82) is 0 Å². The average Bonchev–Trinajstić information content (AvgIpc) is 2.72. The molecule has 0 fully saturated rings. The monoisotopic (exact) mass is 219 g/mol. The summed E-state index contributed by atoms with van der Waals surface area (Å²) in [7, 11) is 0. The highest BCUT2D eigenvalue weighted by Gasteiger charge is 2.10. The average molecular weight is 219 g/mol. The summed E-state index contributed by atoms with van der Waals surface area (Å²) in [5.74, 6) is -0.274. The van der Waals surface area contributed by atoms with Gasteiger partial charge in [0.25, 0.3) is 0 Å². The lowest BCUT2D eigenvalue weighted by atomic mass is 10.2. The van der Waals surface area contributed by atoms with Crippen LogP contribution in [0, 0.1) is 5.82 Å². The van der Waals surface area contributed by atoms with Crippen LogP contribution in [0.2, 0.25) is 0 Å². The molecule has 16 heavy (non-hydrogen) atoms. The fourth-order valence-electron chi connectivity index (χ4n) is 1.66. The van der Waals surface area contributed by atoms with Gasteiger partial charge in [-0.3, -0.25) is 0 Å². The molecule has 2 N–H and O–H groups in total. The molecule has 2 aromatic rings. The molecule has 1 aromatic heterocycles. The highest BCUT2D eigenvalue weighted by molar-refractivity contribution is 5.35. The van der Waals surface area contributed by atoms with E-state index in [4.69, 9.17) is 5.73 Å². The van der Waals surface area contributed by atoms with Crippen molar-refractivity contribution >= 4 is 0 Å². The maximum Gasteiger partial charge on any atom is 0.148 e. The van der Waals surface area contributed by atoms with E-state index in [1.807, 2.05) is 13.0 Å². The standard InChI is InChI=1S/C12H14FN3/c1-2-10-7-9(8-14)15-16(10)12-6-4-3-5-11(12)13/h3-7H,2,8,14H2,1H3. The van der Waals surface area contributed by atoms with Crippen LogP contribution in [0.15, 0.2) is 30.3 Å². The van der Waals surface area contributed by atoms with Crippen molar-refractivity contribution in [3.8, 4) is 5.69 Å². The molecule has 0 spiro atoms. The molecular weight excluding hydrogens is 205 g/mol. The van der Waals surface area contributed by atoms with Gasteiger partial charge in [-0.25, -0.2) is 9.07 Å². The van der Waals surface area contributed by atoms with Gasteiger partial charge in [0.2, 0.25) is 0 Å². The first-order valence-corrected chi connectivity index (χ1v) is 5.29. The third-order valence-electron chi connectivity index (χ3n) is 2.49. The number of para-hydroxylation sites is 1. The molecule has 0 bridgehead atoms. The van der Waals surface area contributed by atoms with Crippen molar-refractivity contribution in [1.82, 2.24) is 9.78 Å². The third kappa shape index (κ3) is 1.84. The van der Waals surface area contributed by atoms with E-state index in [0.29, 0.717) is 12.2 Å². The number of nitrogens with two attached hydrogens (primary N) is 1. The number of aromatic nitrogens is 2. The fourth-order valence-corrected chi connectivity index (χ4v) is 1.66. The Labute approximate surface area is 93.7 Å². The summed E-state index contributed by atoms with van der Waals surface area (Å²) >= 11 is 0. The highest BCUT2D eigenvalue weighted by Crippen LogP contribution is 2.16. The van der Waals surface area contributed by atoms with Gasteiger partial charge in [-0.2, -0.15) is 5.10 Å². The maximum atomic E-state index is 13.6. The molecule has 0 aliphatic heterocycles. The van der Waals surface area contributed by atoms with Gasteiger partial charge in [0.05, 0.1) is 5.69 Å². The van der Waals surface area contributed by atoms with E-state index in [0.717, 1.165) is 17.8 Å². The first kappa shape index (κ1) is 10.8. The van der Waals surface area contributed by atoms with Gasteiger partial charge < -0.3 is 5.73 Å². The summed E-state index contributed by atoms with van der Waals surface area (Å²) in [6.45, 7) is 2.38. The lowest BCUT2D eigenvalue weighted by Gasteiger charge is -2.06. The van der Waals surface area contributed by atoms with Crippen LogP contribution in [0.5, 0.6) is 0 Å². The van der Waals surface area contributed by atoms with Crippen LogP contribution in [-0.2, 0) is 13.0 Å². The lowest BCUT2D eigenvalue weighted by molar-refractivity contribution is 0.605. The number of hydrogen-bond donors (Lipinski definition) is 1. The minimum absolute atomic E-state index is 0.274. The maximum absolute atomic E-state index is 13.6. The van der Waals surface area contributed by atoms with Crippen LogP contribution in [-0.4, -0.2) is 9.78 Å². The Bertz CT molecular complexity index is 491. The molecule has 0 aliphatic rings. The van der Waals surface area contributed by atoms with Gasteiger partial charge in [-0.15, -0.1) is 0 Å². The molecule has 0 aliphatic carbocycles. The topological polar surface area (TPSA) is 43.8 Å². The molecular formula is C12H14FN3. The van der Waals surface area contributed by atoms with Crippen LogP contribution in [0.3, 0.4) is 0 Å². The Morgan fingerprint density at radius 2 is 2.12 bits per heavy atom. The SMILES string of the molecule is CCc1cc(CN)nn1-c1ccccc1F. The van der Waals surface area contributed by atoms with Gasteiger partial charge in [0.1, 0.15) is 11.5 Å². The first-order chi connectivity index (χ1) is 7.76. The number of benzene rings is 1. The summed E-state index contributed by atoms with van der Waals surface area (Å²) in [4.78, 5) is 0. The molecule has 1 aromatic carbocycles. The fraction of sp³-hybridized carbons (Fsp3) is 0.250. The Balaban J connectivity index is 2.54. The zero-order valence-electron chi connectivity index (χ0n) is 9.15. The second-order valence-corrected chi connectivity index (χ2v) is 3.55. The van der Waals surface area contributed by atoms with Crippen LogP contribution >= 0.6 is 0 Å². The summed E-state index contributed by atoms with van der Waals surface area (Å²) in [5, 5.41) is 4.28. The normalized spacial score (nSPS) is 10.7. The molecule has 1 heterocycles. The van der Waals surface area contributed by atoms with Crippen molar-refractivity contribution < 1.29 is 4.39 Å². The molecule has 0 saturated carbocycles. The summed E-state index contributed by atoms with van der Waals surface area (Å²) in [6.07, 6.45) is 0.793. The minimum atomic E-state index is -0.274. The van der Waals surface area contributed by atoms with E-state index in [1.165, 1.54) is 6.07 Å². The quantitative estimate of drug-likeness (QED) is 0.858. The van der Waals surface area contributed by atoms with Gasteiger partial charge >= 0.3 is 0 Å². The van der Waals surface area contributed by atoms with E-state index in [1.54, 1.807) is 22.9 Å². The molecule has 0 atom stereocenters. The van der Waals surface area contributed by atoms with Crippen molar-refractivity contribution in [2.24, 2.45) is 5.73 Å². The van der Waals surface area contributed by atoms with E-state index in [2.05, 4.69) is 5.10 Å². The van der Waals surface area contributed by atoms with Gasteiger partial charge in [0.15, 0.2) is 0 Å². The second kappa shape index (κ2) is 4.45. The minimum Gasteiger partial charge on any atom is -0.325 e. The van der Waals surface area contributed by atoms with E-state index < -0.39 is 0 Å². The second-order valence-electron chi connectivity index (χ2n) is 3.55. The molecule has 3 nitrogen and oxygen atoms in total. The predicted octanol–water partition coefficient (Wildman–Crippen LogP) is 2.03. The number of nitrogens with zero attached hydrogens (tertiary/aromatic N) is 2. The van der Waals surface area contributed by atoms with Gasteiger partial charge in [-0.05, 0) is 24.6 Å². The molecule has 0 amide bonds.